The van der Waals surface area contributed by atoms with E-state index in [1.54, 1.807) is 25.6 Å². The molecule has 1 saturated heterocycles. The highest BCUT2D eigenvalue weighted by Gasteiger charge is 2.21. The average Bonchev–Trinajstić information content (AvgIpc) is 3.23. The van der Waals surface area contributed by atoms with Gasteiger partial charge in [-0.05, 0) is 55.3 Å². The van der Waals surface area contributed by atoms with E-state index < -0.39 is 15.7 Å². The molecule has 0 spiro atoms. The molecular weight excluding hydrogens is 467 g/mol. The Labute approximate surface area is 203 Å². The van der Waals surface area contributed by atoms with E-state index in [0.29, 0.717) is 24.3 Å². The van der Waals surface area contributed by atoms with Gasteiger partial charge in [-0.15, -0.1) is 0 Å². The molecule has 10 heteroatoms. The summed E-state index contributed by atoms with van der Waals surface area (Å²) in [6, 6.07) is 9.21. The van der Waals surface area contributed by atoms with E-state index in [2.05, 4.69) is 26.4 Å². The van der Waals surface area contributed by atoms with Gasteiger partial charge in [0.25, 0.3) is 0 Å². The number of fused-ring (bicyclic) bond motifs is 1. The predicted molar refractivity (Wildman–Crippen MR) is 135 cm³/mol. The van der Waals surface area contributed by atoms with Crippen LogP contribution in [0.1, 0.15) is 12.0 Å². The minimum Gasteiger partial charge on any atom is -0.371 e. The third-order valence-corrected chi connectivity index (χ3v) is 8.00. The fourth-order valence-corrected chi connectivity index (χ4v) is 5.73. The van der Waals surface area contributed by atoms with Crippen LogP contribution in [0.3, 0.4) is 0 Å². The third-order valence-electron chi connectivity index (χ3n) is 6.39. The number of hydrogen-bond donors (Lipinski definition) is 1. The van der Waals surface area contributed by atoms with Crippen LogP contribution in [0.2, 0.25) is 0 Å². The Hall–Kier alpha value is -3.37. The molecule has 0 bridgehead atoms. The van der Waals surface area contributed by atoms with Gasteiger partial charge in [0.2, 0.25) is 0 Å². The van der Waals surface area contributed by atoms with Crippen molar-refractivity contribution >= 4 is 26.7 Å². The Morgan fingerprint density at radius 3 is 2.69 bits per heavy atom. The Morgan fingerprint density at radius 2 is 1.97 bits per heavy atom. The lowest BCUT2D eigenvalue weighted by Crippen LogP contribution is -2.40. The Morgan fingerprint density at radius 1 is 1.14 bits per heavy atom. The van der Waals surface area contributed by atoms with Gasteiger partial charge in [0, 0.05) is 49.7 Å². The topological polar surface area (TPSA) is 93.0 Å². The lowest BCUT2D eigenvalue weighted by molar-refractivity contribution is 0.292. The van der Waals surface area contributed by atoms with E-state index >= 15 is 0 Å². The van der Waals surface area contributed by atoms with Crippen LogP contribution in [0.4, 0.5) is 10.2 Å². The number of halogens is 1. The number of sulfone groups is 1. The second-order valence-corrected chi connectivity index (χ2v) is 11.0. The molecule has 0 radical (unpaired) electrons. The molecule has 1 N–H and O–H groups in total. The molecule has 0 aromatic carbocycles. The summed E-state index contributed by atoms with van der Waals surface area (Å²) in [4.78, 5) is 15.5. The van der Waals surface area contributed by atoms with Crippen molar-refractivity contribution < 1.29 is 12.8 Å². The zero-order chi connectivity index (χ0) is 24.4. The summed E-state index contributed by atoms with van der Waals surface area (Å²) in [5.41, 5.74) is 4.05. The van der Waals surface area contributed by atoms with Gasteiger partial charge in [-0.3, -0.25) is 9.55 Å². The van der Waals surface area contributed by atoms with E-state index in [4.69, 9.17) is 4.98 Å². The standard InChI is InChI=1S/C25H27FN6O2S/c1-27-24-22(26)14-19(15-29-24)23-7-6-21-18(4-3-9-31-10-12-35(33,34)13-11-31)17-32(25(21)30-23)20-5-2-8-28-16-20/h2,5-8,14-17H,3-4,9-13H2,1H3,(H,27,29). The minimum absolute atomic E-state index is 0.196. The Bertz CT molecular complexity index is 1440. The van der Waals surface area contributed by atoms with Gasteiger partial charge in [-0.25, -0.2) is 22.8 Å². The summed E-state index contributed by atoms with van der Waals surface area (Å²) in [7, 11) is -1.24. The molecule has 0 unspecified atom stereocenters. The first kappa shape index (κ1) is 23.4. The maximum atomic E-state index is 14.3. The van der Waals surface area contributed by atoms with Crippen LogP contribution in [0.25, 0.3) is 28.0 Å². The van der Waals surface area contributed by atoms with Gasteiger partial charge >= 0.3 is 0 Å². The number of nitrogens with zero attached hydrogens (tertiary/aromatic N) is 5. The van der Waals surface area contributed by atoms with Crippen molar-refractivity contribution in [2.75, 3.05) is 43.5 Å². The number of hydrogen-bond acceptors (Lipinski definition) is 7. The minimum atomic E-state index is -2.87. The number of aryl methyl sites for hydroxylation is 1. The highest BCUT2D eigenvalue weighted by Crippen LogP contribution is 2.28. The average molecular weight is 495 g/mol. The van der Waals surface area contributed by atoms with E-state index in [-0.39, 0.29) is 17.3 Å². The predicted octanol–water partition coefficient (Wildman–Crippen LogP) is 3.33. The van der Waals surface area contributed by atoms with Crippen molar-refractivity contribution in [1.82, 2.24) is 24.4 Å². The first-order chi connectivity index (χ1) is 16.9. The smallest absolute Gasteiger partial charge is 0.166 e. The maximum Gasteiger partial charge on any atom is 0.166 e. The molecular formula is C25H27FN6O2S. The first-order valence-electron chi connectivity index (χ1n) is 11.6. The van der Waals surface area contributed by atoms with Crippen LogP contribution in [-0.2, 0) is 16.3 Å². The molecule has 0 aliphatic carbocycles. The van der Waals surface area contributed by atoms with Crippen molar-refractivity contribution in [2.45, 2.75) is 12.8 Å². The molecule has 1 aliphatic rings. The molecule has 0 saturated carbocycles. The molecule has 4 aromatic heterocycles. The number of pyridine rings is 3. The molecule has 0 amide bonds. The van der Waals surface area contributed by atoms with Gasteiger partial charge in [-0.2, -0.15) is 0 Å². The third kappa shape index (κ3) is 5.03. The summed E-state index contributed by atoms with van der Waals surface area (Å²) in [6.45, 7) is 2.05. The molecule has 1 aliphatic heterocycles. The fraction of sp³-hybridized carbons (Fsp3) is 0.320. The highest BCUT2D eigenvalue weighted by atomic mass is 32.2. The maximum absolute atomic E-state index is 14.3. The van der Waals surface area contributed by atoms with Crippen LogP contribution < -0.4 is 5.32 Å². The van der Waals surface area contributed by atoms with Crippen LogP contribution in [0, 0.1) is 5.82 Å². The lowest BCUT2D eigenvalue weighted by atomic mass is 10.1. The van der Waals surface area contributed by atoms with E-state index in [0.717, 1.165) is 41.7 Å². The van der Waals surface area contributed by atoms with E-state index in [1.165, 1.54) is 6.07 Å². The Balaban J connectivity index is 1.44. The highest BCUT2D eigenvalue weighted by molar-refractivity contribution is 7.91. The van der Waals surface area contributed by atoms with Crippen molar-refractivity contribution in [1.29, 1.82) is 0 Å². The summed E-state index contributed by atoms with van der Waals surface area (Å²) >= 11 is 0. The Kier molecular flexibility index (Phi) is 6.48. The van der Waals surface area contributed by atoms with Gasteiger partial charge in [0.1, 0.15) is 5.65 Å². The summed E-state index contributed by atoms with van der Waals surface area (Å²) < 4.78 is 39.7. The van der Waals surface area contributed by atoms with Crippen molar-refractivity contribution in [2.24, 2.45) is 0 Å². The van der Waals surface area contributed by atoms with Crippen LogP contribution in [0.5, 0.6) is 0 Å². The number of rotatable bonds is 7. The molecule has 182 valence electrons. The van der Waals surface area contributed by atoms with Crippen LogP contribution >= 0.6 is 0 Å². The number of nitrogens with one attached hydrogen (secondary N) is 1. The van der Waals surface area contributed by atoms with Gasteiger partial charge in [0.15, 0.2) is 21.5 Å². The van der Waals surface area contributed by atoms with Crippen molar-refractivity contribution in [3.8, 4) is 16.9 Å². The van der Waals surface area contributed by atoms with Crippen LogP contribution in [0.15, 0.2) is 55.1 Å². The second-order valence-electron chi connectivity index (χ2n) is 8.70. The van der Waals surface area contributed by atoms with E-state index in [9.17, 15) is 12.8 Å². The van der Waals surface area contributed by atoms with Gasteiger partial charge in [-0.1, -0.05) is 0 Å². The zero-order valence-corrected chi connectivity index (χ0v) is 20.3. The molecule has 4 aromatic rings. The van der Waals surface area contributed by atoms with Gasteiger partial charge < -0.3 is 10.2 Å². The molecule has 5 heterocycles. The van der Waals surface area contributed by atoms with Crippen LogP contribution in [-0.4, -0.2) is 71.0 Å². The monoisotopic (exact) mass is 494 g/mol. The number of anilines is 1. The quantitative estimate of drug-likeness (QED) is 0.421. The summed E-state index contributed by atoms with van der Waals surface area (Å²) in [5.74, 6) is 0.248. The molecule has 8 nitrogen and oxygen atoms in total. The zero-order valence-electron chi connectivity index (χ0n) is 19.5. The van der Waals surface area contributed by atoms with Crippen molar-refractivity contribution in [3.63, 3.8) is 0 Å². The second kappa shape index (κ2) is 9.71. The van der Waals surface area contributed by atoms with Crippen molar-refractivity contribution in [3.05, 3.63) is 66.5 Å². The normalized spacial score (nSPS) is 15.9. The largest absolute Gasteiger partial charge is 0.371 e. The first-order valence-corrected chi connectivity index (χ1v) is 13.4. The SMILES string of the molecule is CNc1ncc(-c2ccc3c(CCCN4CCS(=O)(=O)CC4)cn(-c4cccnc4)c3n2)cc1F. The molecule has 5 rings (SSSR count). The van der Waals surface area contributed by atoms with Gasteiger partial charge in [0.05, 0.1) is 29.1 Å². The summed E-state index contributed by atoms with van der Waals surface area (Å²) in [5, 5.41) is 3.76. The van der Waals surface area contributed by atoms with E-state index in [1.807, 2.05) is 28.8 Å². The molecule has 0 atom stereocenters. The fourth-order valence-electron chi connectivity index (χ4n) is 4.45. The number of aromatic nitrogens is 4. The molecule has 35 heavy (non-hydrogen) atoms. The molecule has 1 fully saturated rings. The lowest BCUT2D eigenvalue weighted by Gasteiger charge is -2.26. The summed E-state index contributed by atoms with van der Waals surface area (Å²) in [6.07, 6.45) is 8.96.